The minimum Gasteiger partial charge on any atom is -0.480 e. The van der Waals surface area contributed by atoms with E-state index in [2.05, 4.69) is 53.4 Å². The van der Waals surface area contributed by atoms with E-state index in [1.165, 1.54) is 40.6 Å². The van der Waals surface area contributed by atoms with Crippen molar-refractivity contribution in [1.29, 1.82) is 0 Å². The van der Waals surface area contributed by atoms with Crippen LogP contribution in [-0.2, 0) is 87.5 Å². The van der Waals surface area contributed by atoms with Crippen LogP contribution in [0.1, 0.15) is 130 Å². The number of alkyl halides is 3. The Bertz CT molecular complexity index is 4740. The molecule has 3 aromatic heterocycles. The van der Waals surface area contributed by atoms with Crippen molar-refractivity contribution in [3.8, 4) is 22.7 Å². The maximum Gasteiger partial charge on any atom is 0.355 e. The zero-order valence-electron chi connectivity index (χ0n) is 58.1. The van der Waals surface area contributed by atoms with Gasteiger partial charge in [-0.2, -0.15) is 18.6 Å². The van der Waals surface area contributed by atoms with Gasteiger partial charge in [0, 0.05) is 59.9 Å². The van der Waals surface area contributed by atoms with Gasteiger partial charge >= 0.3 is 36.1 Å². The summed E-state index contributed by atoms with van der Waals surface area (Å²) in [5, 5.41) is 24.0. The van der Waals surface area contributed by atoms with Crippen molar-refractivity contribution in [2.45, 2.75) is 144 Å². The molecule has 0 aliphatic carbocycles. The molecule has 0 amide bonds. The number of rotatable bonds is 18. The molecule has 2 N–H and O–H groups in total. The van der Waals surface area contributed by atoms with E-state index in [1.54, 1.807) is 55.3 Å². The molecule has 0 saturated carbocycles. The number of aliphatic carboxylic acids is 1. The van der Waals surface area contributed by atoms with Crippen molar-refractivity contribution in [3.05, 3.63) is 163 Å². The lowest BCUT2D eigenvalue weighted by Gasteiger charge is -2.32. The molecule has 550 valence electrons. The number of oxime groups is 1. The van der Waals surface area contributed by atoms with Crippen molar-refractivity contribution in [2.75, 3.05) is 44.3 Å². The number of hydrazone groups is 1. The molecule has 34 heteroatoms. The van der Waals surface area contributed by atoms with E-state index in [1.807, 2.05) is 20.8 Å². The lowest BCUT2D eigenvalue weighted by molar-refractivity contribution is -0.148. The second kappa shape index (κ2) is 33.5. The van der Waals surface area contributed by atoms with Crippen molar-refractivity contribution < 1.29 is 74.5 Å². The first-order chi connectivity index (χ1) is 47.9. The van der Waals surface area contributed by atoms with Gasteiger partial charge in [0.2, 0.25) is 5.88 Å². The number of carbonyl (C=O) groups is 5. The minimum absolute atomic E-state index is 0.00623. The number of fused-ring (bicyclic) bond motifs is 1. The number of ether oxygens (including phenoxy) is 4. The van der Waals surface area contributed by atoms with Crippen LogP contribution in [0.25, 0.3) is 16.8 Å². The van der Waals surface area contributed by atoms with E-state index in [9.17, 15) is 59.9 Å². The van der Waals surface area contributed by atoms with E-state index >= 15 is 0 Å². The molecule has 102 heavy (non-hydrogen) atoms. The predicted octanol–water partition coefficient (Wildman–Crippen LogP) is 10.7. The molecule has 2 atom stereocenters. The van der Waals surface area contributed by atoms with Gasteiger partial charge < -0.3 is 34.0 Å². The Labute approximate surface area is 604 Å². The highest BCUT2D eigenvalue weighted by Gasteiger charge is 2.50. The monoisotopic (exact) mass is 1520 g/mol. The van der Waals surface area contributed by atoms with Gasteiger partial charge in [-0.15, -0.1) is 16.7 Å². The average Bonchev–Trinajstić information content (AvgIpc) is 1.59. The fourth-order valence-electron chi connectivity index (χ4n) is 11.1. The molecule has 0 fully saturated rings. The zero-order chi connectivity index (χ0) is 75.8. The Morgan fingerprint density at radius 2 is 1.44 bits per heavy atom. The van der Waals surface area contributed by atoms with Crippen LogP contribution in [0.5, 0.6) is 5.88 Å². The van der Waals surface area contributed by atoms with Crippen LogP contribution < -0.4 is 26.6 Å². The molecule has 3 aliphatic rings. The van der Waals surface area contributed by atoms with Crippen molar-refractivity contribution in [3.63, 3.8) is 0 Å². The summed E-state index contributed by atoms with van der Waals surface area (Å²) in [4.78, 5) is 104. The highest BCUT2D eigenvalue weighted by atomic mass is 35.5. The Balaban J connectivity index is 0.000000191. The van der Waals surface area contributed by atoms with Gasteiger partial charge in [-0.05, 0) is 145 Å². The van der Waals surface area contributed by atoms with E-state index in [4.69, 9.17) is 75.3 Å². The minimum atomic E-state index is -3.52. The van der Waals surface area contributed by atoms with Gasteiger partial charge in [-0.1, -0.05) is 71.5 Å². The zero-order valence-corrected chi connectivity index (χ0v) is 61.9. The number of nitrogens with one attached hydrogen (secondary N) is 1. The fourth-order valence-corrected chi connectivity index (χ4v) is 12.9. The first-order valence-electron chi connectivity index (χ1n) is 31.9. The quantitative estimate of drug-likeness (QED) is 0.0458. The van der Waals surface area contributed by atoms with Crippen LogP contribution >= 0.6 is 46.4 Å². The van der Waals surface area contributed by atoms with Gasteiger partial charge in [0.1, 0.15) is 40.3 Å². The summed E-state index contributed by atoms with van der Waals surface area (Å²) < 4.78 is 90.8. The number of carboxylic acid groups (broad SMARTS) is 1. The van der Waals surface area contributed by atoms with Crippen molar-refractivity contribution in [1.82, 2.24) is 33.5 Å². The van der Waals surface area contributed by atoms with Gasteiger partial charge in [0.05, 0.1) is 66.2 Å². The summed E-state index contributed by atoms with van der Waals surface area (Å²) >= 11 is 23.6. The number of aromatic nitrogens is 7. The summed E-state index contributed by atoms with van der Waals surface area (Å²) in [7, 11) is -2.02. The Morgan fingerprint density at radius 1 is 0.804 bits per heavy atom. The first kappa shape index (κ1) is 80.5. The third-order valence-electron chi connectivity index (χ3n) is 16.2. The van der Waals surface area contributed by atoms with Gasteiger partial charge in [0.15, 0.2) is 27.0 Å². The molecular formula is C68H77Cl4F3N10O16S. The van der Waals surface area contributed by atoms with Crippen LogP contribution in [-0.4, -0.2) is 138 Å². The van der Waals surface area contributed by atoms with E-state index in [0.717, 1.165) is 54.8 Å². The number of benzene rings is 4. The number of aromatic amines is 1. The SMILES string of the molecule is CCOC(=O)C1=NN(c2ccc(Cl)cc2Cl)C(C)(C(=O)OCC)C1.CCc1cc(C)cc(CC)c1-c1c(OC(=O)C(C)(C)C)n2n(c1=O)CCOCC2.Cc1c(C(=O)c2c[nH]n(C)c2=O)ccc(S(C)(=O)=O)c1C1=NOCC1.Cc1nn(-c2cc(CC(Cl)C(=O)O)c(Cl)cc2F)c(=O)n1C(F)F. The fraction of sp³-hybridized carbons (Fsp3) is 0.426. The lowest BCUT2D eigenvalue weighted by atomic mass is 9.91. The smallest absolute Gasteiger partial charge is 0.355 e. The number of esters is 3. The Morgan fingerprint density at radius 3 is 1.97 bits per heavy atom. The normalized spacial score (nSPS) is 15.2. The van der Waals surface area contributed by atoms with E-state index < -0.39 is 79.2 Å². The summed E-state index contributed by atoms with van der Waals surface area (Å²) in [6, 6.07) is 13.8. The maximum atomic E-state index is 14.1. The van der Waals surface area contributed by atoms with Gasteiger partial charge in [-0.3, -0.25) is 28.7 Å². The number of carboxylic acids is 1. The van der Waals surface area contributed by atoms with Crippen LogP contribution in [0, 0.1) is 32.0 Å². The van der Waals surface area contributed by atoms with Gasteiger partial charge in [0.25, 0.3) is 11.1 Å². The number of halogens is 7. The molecule has 6 heterocycles. The number of nitrogens with zero attached hydrogens (tertiary/aromatic N) is 9. The molecule has 26 nitrogen and oxygen atoms in total. The van der Waals surface area contributed by atoms with Crippen molar-refractivity contribution in [2.24, 2.45) is 22.7 Å². The Kier molecular flexibility index (Phi) is 26.5. The number of carbonyl (C=O) groups excluding carboxylic acids is 4. The first-order valence-corrected chi connectivity index (χ1v) is 35.4. The third kappa shape index (κ3) is 17.8. The van der Waals surface area contributed by atoms with E-state index in [0.29, 0.717) is 88.0 Å². The number of aryl methyl sites for hydroxylation is 5. The number of hydrogen-bond donors (Lipinski definition) is 2. The van der Waals surface area contributed by atoms with Crippen LogP contribution in [0.4, 0.5) is 18.9 Å². The van der Waals surface area contributed by atoms with Crippen LogP contribution in [0.15, 0.2) is 90.3 Å². The molecule has 0 saturated heterocycles. The summed E-state index contributed by atoms with van der Waals surface area (Å²) in [6.45, 7) is 19.1. The van der Waals surface area contributed by atoms with Crippen LogP contribution in [0.3, 0.4) is 0 Å². The van der Waals surface area contributed by atoms with E-state index in [-0.39, 0.29) is 80.3 Å². The highest BCUT2D eigenvalue weighted by Crippen LogP contribution is 2.41. The summed E-state index contributed by atoms with van der Waals surface area (Å²) in [5.41, 5.74) is 2.96. The third-order valence-corrected chi connectivity index (χ3v) is 18.6. The molecule has 4 aromatic carbocycles. The number of H-pyrrole nitrogens is 1. The molecule has 0 radical (unpaired) electrons. The number of sulfone groups is 1. The lowest BCUT2D eigenvalue weighted by Crippen LogP contribution is -2.48. The predicted molar refractivity (Wildman–Crippen MR) is 377 cm³/mol. The maximum absolute atomic E-state index is 14.1. The molecule has 7 aromatic rings. The molecular weight excluding hydrogens is 1440 g/mol. The average molecular weight is 1520 g/mol. The topological polar surface area (TPSA) is 318 Å². The Hall–Kier alpha value is -8.81. The standard InChI is InChI=1S/C23H32N2O4.C16H18Cl2N2O4.C16H17N3O5S.C13H10Cl2F3N3O3/c1-7-16-13-15(3)14-17(8-2)18(16)19-20(26)24-9-11-28-12-10-25(24)21(19)29-22(27)23(4,5)6;1-4-23-14(21)12-9-16(3,15(22)24-5-2)20(19-12)13-7-6-10(17)8-11(13)18;1-9-10(15(20)11-8-17-19(2)16(11)21)4-5-13(25(3,22)23)14(9)12-6-7-24-18-12;1-5-19-21(13(24)20(5)12(17)18)10-3-6(2-8(15)11(22)23)7(14)4-9(10)16/h13-14H,7-12H2,1-6H3;6-8H,4-5,9H2,1-3H3;4-5,8,17H,6-7H2,1-3H3;3-4,8,12H,2H2,1H3,(H,22,23). The molecule has 0 spiro atoms. The summed E-state index contributed by atoms with van der Waals surface area (Å²) in [6.07, 6.45) is 4.28. The largest absolute Gasteiger partial charge is 0.480 e. The van der Waals surface area contributed by atoms with Crippen LogP contribution in [0.2, 0.25) is 15.1 Å². The second-order valence-corrected chi connectivity index (χ2v) is 28.4. The highest BCUT2D eigenvalue weighted by molar-refractivity contribution is 7.90. The number of ketones is 1. The second-order valence-electron chi connectivity index (χ2n) is 24.7. The van der Waals surface area contributed by atoms with Gasteiger partial charge in [-0.25, -0.2) is 46.1 Å². The van der Waals surface area contributed by atoms with Crippen molar-refractivity contribution >= 4 is 103 Å². The number of anilines is 1. The molecule has 10 rings (SSSR count). The summed E-state index contributed by atoms with van der Waals surface area (Å²) in [5.74, 6) is -4.16. The molecule has 3 aliphatic heterocycles. The number of hydrogen-bond acceptors (Lipinski definition) is 19. The molecule has 0 bridgehead atoms. The molecule has 2 unspecified atom stereocenters.